The molecule has 0 unspecified atom stereocenters. The maximum Gasteiger partial charge on any atom is 0.299 e. The van der Waals surface area contributed by atoms with E-state index in [0.717, 1.165) is 45.2 Å². The fraction of sp³-hybridized carbons (Fsp3) is 0.281. The second kappa shape index (κ2) is 11.3. The predicted molar refractivity (Wildman–Crippen MR) is 154 cm³/mol. The molecule has 8 heteroatoms. The number of benzene rings is 3. The highest BCUT2D eigenvalue weighted by atomic mass is 16.5. The van der Waals surface area contributed by atoms with Crippen LogP contribution < -0.4 is 20.3 Å². The molecule has 40 heavy (non-hydrogen) atoms. The van der Waals surface area contributed by atoms with E-state index >= 15 is 0 Å². The van der Waals surface area contributed by atoms with Crippen molar-refractivity contribution in [3.05, 3.63) is 100.0 Å². The monoisotopic (exact) mass is 536 g/mol. The third kappa shape index (κ3) is 5.30. The molecule has 2 heterocycles. The summed E-state index contributed by atoms with van der Waals surface area (Å²) in [6, 6.07) is 20.4. The van der Waals surface area contributed by atoms with Gasteiger partial charge in [-0.3, -0.25) is 9.59 Å². The third-order valence-electron chi connectivity index (χ3n) is 7.60. The van der Waals surface area contributed by atoms with Gasteiger partial charge in [0.25, 0.3) is 11.5 Å². The molecule has 204 valence electrons. The molecule has 0 atom stereocenters. The molecule has 3 aromatic carbocycles. The Balaban J connectivity index is 1.32. The van der Waals surface area contributed by atoms with Crippen molar-refractivity contribution in [3.8, 4) is 22.9 Å². The molecule has 1 amide bonds. The van der Waals surface area contributed by atoms with Gasteiger partial charge in [-0.15, -0.1) is 0 Å². The minimum atomic E-state index is -0.364. The zero-order chi connectivity index (χ0) is 27.5. The van der Waals surface area contributed by atoms with Crippen LogP contribution >= 0.6 is 0 Å². The maximum absolute atomic E-state index is 13.8. The Morgan fingerprint density at radius 2 is 1.57 bits per heavy atom. The van der Waals surface area contributed by atoms with E-state index in [9.17, 15) is 9.59 Å². The zero-order valence-electron chi connectivity index (χ0n) is 22.6. The molecular weight excluding hydrogens is 504 g/mol. The smallest absolute Gasteiger partial charge is 0.299 e. The number of carbonyl (C=O) groups is 1. The normalized spacial score (nSPS) is 14.5. The number of hydrogen-bond acceptors (Lipinski definition) is 6. The molecule has 0 bridgehead atoms. The summed E-state index contributed by atoms with van der Waals surface area (Å²) in [6.07, 6.45) is 8.05. The number of rotatable bonds is 7. The van der Waals surface area contributed by atoms with Crippen LogP contribution in [0.2, 0.25) is 0 Å². The summed E-state index contributed by atoms with van der Waals surface area (Å²) in [5, 5.41) is 7.66. The molecule has 1 saturated heterocycles. The summed E-state index contributed by atoms with van der Waals surface area (Å²) in [7, 11) is 1.60. The number of fused-ring (bicyclic) bond motifs is 1. The Labute approximate surface area is 233 Å². The van der Waals surface area contributed by atoms with E-state index in [2.05, 4.69) is 16.5 Å². The minimum absolute atomic E-state index is 0.0395. The molecule has 0 saturated carbocycles. The molecular formula is C32H32N4O4. The lowest BCUT2D eigenvalue weighted by molar-refractivity contribution is 0.0724. The van der Waals surface area contributed by atoms with Crippen molar-refractivity contribution in [2.45, 2.75) is 38.5 Å². The highest BCUT2D eigenvalue weighted by Gasteiger charge is 2.20. The molecule has 4 aromatic rings. The highest BCUT2D eigenvalue weighted by molar-refractivity contribution is 5.94. The lowest BCUT2D eigenvalue weighted by Gasteiger charge is -2.26. The number of ether oxygens (including phenoxy) is 2. The van der Waals surface area contributed by atoms with Crippen LogP contribution in [0.4, 0.5) is 11.4 Å². The average Bonchev–Trinajstić information content (AvgIpc) is 3.48. The van der Waals surface area contributed by atoms with Crippen molar-refractivity contribution in [3.63, 3.8) is 0 Å². The summed E-state index contributed by atoms with van der Waals surface area (Å²) in [5.74, 6) is 1.71. The van der Waals surface area contributed by atoms with Gasteiger partial charge in [-0.2, -0.15) is 9.78 Å². The first-order chi connectivity index (χ1) is 19.6. The summed E-state index contributed by atoms with van der Waals surface area (Å²) in [6.45, 7) is 1.59. The number of methoxy groups -OCH3 is 1. The van der Waals surface area contributed by atoms with E-state index in [1.54, 1.807) is 49.7 Å². The van der Waals surface area contributed by atoms with Gasteiger partial charge in [0.2, 0.25) is 0 Å². The van der Waals surface area contributed by atoms with Crippen molar-refractivity contribution < 1.29 is 14.3 Å². The number of aromatic nitrogens is 2. The minimum Gasteiger partial charge on any atom is -0.497 e. The van der Waals surface area contributed by atoms with Crippen LogP contribution in [0, 0.1) is 0 Å². The SMILES string of the molecule is COc1ccc(-n2ncc(Oc3ccc4c(c3)CCC4)c(Nc3ccc(C(=O)N4CCCCC4)cc3)c2=O)cc1. The summed E-state index contributed by atoms with van der Waals surface area (Å²) in [5.41, 5.74) is 4.41. The first kappa shape index (κ1) is 25.7. The molecule has 1 N–H and O–H groups in total. The first-order valence-electron chi connectivity index (χ1n) is 13.8. The van der Waals surface area contributed by atoms with Gasteiger partial charge < -0.3 is 19.7 Å². The highest BCUT2D eigenvalue weighted by Crippen LogP contribution is 2.32. The van der Waals surface area contributed by atoms with Crippen molar-refractivity contribution in [2.75, 3.05) is 25.5 Å². The van der Waals surface area contributed by atoms with E-state index < -0.39 is 0 Å². The largest absolute Gasteiger partial charge is 0.497 e. The lowest BCUT2D eigenvalue weighted by Crippen LogP contribution is -2.35. The van der Waals surface area contributed by atoms with Crippen LogP contribution in [0.1, 0.15) is 47.2 Å². The van der Waals surface area contributed by atoms with Gasteiger partial charge in [-0.05, 0) is 110 Å². The van der Waals surface area contributed by atoms with Crippen LogP contribution in [-0.4, -0.2) is 40.8 Å². The number of aryl methyl sites for hydroxylation is 2. The molecule has 1 aliphatic heterocycles. The van der Waals surface area contributed by atoms with Crippen molar-refractivity contribution in [1.29, 1.82) is 0 Å². The Bertz CT molecular complexity index is 1570. The first-order valence-corrected chi connectivity index (χ1v) is 13.8. The number of carbonyl (C=O) groups excluding carboxylic acids is 1. The summed E-state index contributed by atoms with van der Waals surface area (Å²) in [4.78, 5) is 28.6. The van der Waals surface area contributed by atoms with Crippen molar-refractivity contribution in [2.24, 2.45) is 0 Å². The second-order valence-corrected chi connectivity index (χ2v) is 10.2. The maximum atomic E-state index is 13.8. The van der Waals surface area contributed by atoms with Crippen LogP contribution in [0.5, 0.6) is 17.2 Å². The van der Waals surface area contributed by atoms with E-state index in [4.69, 9.17) is 9.47 Å². The van der Waals surface area contributed by atoms with Crippen LogP contribution in [0.25, 0.3) is 5.69 Å². The molecule has 1 aliphatic carbocycles. The zero-order valence-corrected chi connectivity index (χ0v) is 22.6. The molecule has 0 radical (unpaired) electrons. The molecule has 0 spiro atoms. The van der Waals surface area contributed by atoms with Crippen LogP contribution in [-0.2, 0) is 12.8 Å². The average molecular weight is 537 g/mol. The Kier molecular flexibility index (Phi) is 7.23. The van der Waals surface area contributed by atoms with Gasteiger partial charge in [-0.1, -0.05) is 6.07 Å². The molecule has 1 fully saturated rings. The van der Waals surface area contributed by atoms with Gasteiger partial charge in [0.15, 0.2) is 11.4 Å². The molecule has 6 rings (SSSR count). The van der Waals surface area contributed by atoms with Gasteiger partial charge >= 0.3 is 0 Å². The number of anilines is 2. The predicted octanol–water partition coefficient (Wildman–Crippen LogP) is 5.89. The lowest BCUT2D eigenvalue weighted by atomic mass is 10.1. The molecule has 1 aromatic heterocycles. The third-order valence-corrected chi connectivity index (χ3v) is 7.60. The number of nitrogens with one attached hydrogen (secondary N) is 1. The Morgan fingerprint density at radius 3 is 2.33 bits per heavy atom. The Morgan fingerprint density at radius 1 is 0.850 bits per heavy atom. The van der Waals surface area contributed by atoms with Crippen molar-refractivity contribution >= 4 is 17.3 Å². The van der Waals surface area contributed by atoms with Gasteiger partial charge in [-0.25, -0.2) is 0 Å². The van der Waals surface area contributed by atoms with E-state index in [0.29, 0.717) is 34.2 Å². The van der Waals surface area contributed by atoms with Crippen molar-refractivity contribution in [1.82, 2.24) is 14.7 Å². The molecule has 8 nitrogen and oxygen atoms in total. The van der Waals surface area contributed by atoms with E-state index in [1.807, 2.05) is 29.2 Å². The van der Waals surface area contributed by atoms with E-state index in [-0.39, 0.29) is 17.2 Å². The van der Waals surface area contributed by atoms with Gasteiger partial charge in [0.1, 0.15) is 11.5 Å². The summed E-state index contributed by atoms with van der Waals surface area (Å²) >= 11 is 0. The van der Waals surface area contributed by atoms with E-state index in [1.165, 1.54) is 22.2 Å². The Hall–Kier alpha value is -4.59. The second-order valence-electron chi connectivity index (χ2n) is 10.2. The standard InChI is InChI=1S/C32H32N4O4/c1-39-27-16-13-26(14-17-27)36-32(38)30(29(21-33-36)40-28-15-10-22-6-5-7-24(22)20-28)34-25-11-8-23(9-12-25)31(37)35-18-3-2-4-19-35/h8-17,20-21,34H,2-7,18-19H2,1H3. The fourth-order valence-electron chi connectivity index (χ4n) is 5.40. The van der Waals surface area contributed by atoms with Crippen LogP contribution in [0.15, 0.2) is 77.7 Å². The van der Waals surface area contributed by atoms with Crippen LogP contribution in [0.3, 0.4) is 0 Å². The number of likely N-dealkylation sites (tertiary alicyclic amines) is 1. The number of piperidine rings is 1. The van der Waals surface area contributed by atoms with Gasteiger partial charge in [0, 0.05) is 24.3 Å². The van der Waals surface area contributed by atoms with Gasteiger partial charge in [0.05, 0.1) is 19.0 Å². The quantitative estimate of drug-likeness (QED) is 0.317. The number of nitrogens with zero attached hydrogens (tertiary/aromatic N) is 3. The molecule has 2 aliphatic rings. The number of amides is 1. The number of hydrogen-bond donors (Lipinski definition) is 1. The fourth-order valence-corrected chi connectivity index (χ4v) is 5.40. The topological polar surface area (TPSA) is 85.7 Å². The summed E-state index contributed by atoms with van der Waals surface area (Å²) < 4.78 is 12.8.